The summed E-state index contributed by atoms with van der Waals surface area (Å²) in [4.78, 5) is 33.0. The van der Waals surface area contributed by atoms with Crippen molar-refractivity contribution in [3.05, 3.63) is 70.6 Å². The van der Waals surface area contributed by atoms with E-state index in [-0.39, 0.29) is 66.4 Å². The number of aliphatic hydroxyl groups excluding tert-OH is 1. The maximum Gasteiger partial charge on any atom is 0.419 e. The quantitative estimate of drug-likeness (QED) is 0.224. The SMILES string of the molecule is COc1ccc(C2=NOC3CC(CO)CC23)cc1C(=O)N[C@@H]1[C@@H](CC(=O)Nc2ccc(F)c(C(F)(F)F)c2)[C@H]2CC[C@@H]1/C2=C\C1CC1. The number of oxime groups is 1. The summed E-state index contributed by atoms with van der Waals surface area (Å²) in [5.74, 6) is -1.41. The number of rotatable bonds is 9. The van der Waals surface area contributed by atoms with Crippen LogP contribution in [-0.4, -0.2) is 48.5 Å². The minimum Gasteiger partial charge on any atom is -0.496 e. The highest BCUT2D eigenvalue weighted by Crippen LogP contribution is 2.55. The first-order chi connectivity index (χ1) is 22.5. The predicted octanol–water partition coefficient (Wildman–Crippen LogP) is 6.09. The highest BCUT2D eigenvalue weighted by atomic mass is 19.4. The van der Waals surface area contributed by atoms with Crippen molar-refractivity contribution < 1.29 is 41.8 Å². The zero-order chi connectivity index (χ0) is 33.0. The molecule has 0 radical (unpaired) electrons. The molecule has 8 nitrogen and oxygen atoms in total. The Kier molecular flexibility index (Phi) is 8.26. The number of methoxy groups -OCH3 is 1. The molecule has 2 amide bonds. The van der Waals surface area contributed by atoms with Gasteiger partial charge in [-0.15, -0.1) is 0 Å². The molecule has 2 aromatic carbocycles. The molecule has 0 spiro atoms. The number of anilines is 1. The largest absolute Gasteiger partial charge is 0.496 e. The van der Waals surface area contributed by atoms with Crippen LogP contribution in [0.4, 0.5) is 23.2 Å². The Balaban J connectivity index is 1.12. The van der Waals surface area contributed by atoms with Crippen molar-refractivity contribution in [2.24, 2.45) is 40.7 Å². The van der Waals surface area contributed by atoms with Crippen molar-refractivity contribution in [2.45, 2.75) is 63.3 Å². The second kappa shape index (κ2) is 12.3. The fourth-order valence-electron chi connectivity index (χ4n) is 8.26. The molecule has 2 aromatic rings. The molecular weight excluding hydrogens is 618 g/mol. The van der Waals surface area contributed by atoms with Crippen LogP contribution in [0, 0.1) is 41.3 Å². The van der Waals surface area contributed by atoms with Crippen LogP contribution in [-0.2, 0) is 15.8 Å². The molecule has 0 aromatic heterocycles. The Morgan fingerprint density at radius 2 is 1.85 bits per heavy atom. The lowest BCUT2D eigenvalue weighted by Crippen LogP contribution is -2.45. The molecule has 3 unspecified atom stereocenters. The van der Waals surface area contributed by atoms with E-state index in [1.165, 1.54) is 12.7 Å². The Morgan fingerprint density at radius 1 is 1.06 bits per heavy atom. The first-order valence-electron chi connectivity index (χ1n) is 16.3. The first kappa shape index (κ1) is 31.7. The molecular formula is C35H37F4N3O5. The van der Waals surface area contributed by atoms with E-state index < -0.39 is 23.5 Å². The molecule has 12 heteroatoms. The number of alkyl halides is 3. The van der Waals surface area contributed by atoms with Crippen LogP contribution in [0.15, 0.2) is 53.2 Å². The lowest BCUT2D eigenvalue weighted by atomic mass is 9.81. The van der Waals surface area contributed by atoms with Crippen LogP contribution in [0.5, 0.6) is 5.75 Å². The van der Waals surface area contributed by atoms with Crippen molar-refractivity contribution >= 4 is 23.2 Å². The summed E-state index contributed by atoms with van der Waals surface area (Å²) < 4.78 is 59.3. The van der Waals surface area contributed by atoms with E-state index in [1.54, 1.807) is 12.1 Å². The maximum absolute atomic E-state index is 14.0. The van der Waals surface area contributed by atoms with Crippen molar-refractivity contribution in [1.82, 2.24) is 5.32 Å². The highest BCUT2D eigenvalue weighted by molar-refractivity contribution is 6.06. The molecule has 2 bridgehead atoms. The zero-order valence-corrected chi connectivity index (χ0v) is 25.9. The summed E-state index contributed by atoms with van der Waals surface area (Å²) >= 11 is 0. The zero-order valence-electron chi connectivity index (χ0n) is 25.9. The van der Waals surface area contributed by atoms with Gasteiger partial charge in [0.25, 0.3) is 5.91 Å². The van der Waals surface area contributed by atoms with Gasteiger partial charge in [0.15, 0.2) is 0 Å². The number of ether oxygens (including phenoxy) is 1. The number of hydrogen-bond donors (Lipinski definition) is 3. The number of allylic oxidation sites excluding steroid dienone is 1. The lowest BCUT2D eigenvalue weighted by Gasteiger charge is -2.31. The van der Waals surface area contributed by atoms with E-state index in [0.29, 0.717) is 29.4 Å². The third-order valence-electron chi connectivity index (χ3n) is 10.6. The van der Waals surface area contributed by atoms with Gasteiger partial charge in [0.1, 0.15) is 17.7 Å². The molecule has 5 aliphatic rings. The summed E-state index contributed by atoms with van der Waals surface area (Å²) in [7, 11) is 1.49. The predicted molar refractivity (Wildman–Crippen MR) is 164 cm³/mol. The minimum atomic E-state index is -4.90. The number of aliphatic hydroxyl groups is 1. The number of carbonyl (C=O) groups excluding carboxylic acids is 2. The van der Waals surface area contributed by atoms with Crippen LogP contribution < -0.4 is 15.4 Å². The Bertz CT molecular complexity index is 1640. The Hall–Kier alpha value is -3.93. The number of nitrogens with one attached hydrogen (secondary N) is 2. The molecule has 1 aliphatic heterocycles. The summed E-state index contributed by atoms with van der Waals surface area (Å²) in [6.07, 6.45) is 2.67. The summed E-state index contributed by atoms with van der Waals surface area (Å²) in [6.45, 7) is 0.0817. The van der Waals surface area contributed by atoms with Gasteiger partial charge in [0, 0.05) is 42.2 Å². The van der Waals surface area contributed by atoms with Crippen molar-refractivity contribution in [2.75, 3.05) is 19.0 Å². The van der Waals surface area contributed by atoms with Gasteiger partial charge >= 0.3 is 6.18 Å². The molecule has 250 valence electrons. The number of fused-ring (bicyclic) bond motifs is 3. The Morgan fingerprint density at radius 3 is 2.57 bits per heavy atom. The first-order valence-corrected chi connectivity index (χ1v) is 16.3. The van der Waals surface area contributed by atoms with Crippen LogP contribution >= 0.6 is 0 Å². The van der Waals surface area contributed by atoms with Gasteiger partial charge in [-0.2, -0.15) is 13.2 Å². The van der Waals surface area contributed by atoms with Gasteiger partial charge in [0.05, 0.1) is 23.9 Å². The topological polar surface area (TPSA) is 109 Å². The van der Waals surface area contributed by atoms with Gasteiger partial charge in [0.2, 0.25) is 5.91 Å². The van der Waals surface area contributed by atoms with E-state index in [4.69, 9.17) is 9.57 Å². The third kappa shape index (κ3) is 6.12. The summed E-state index contributed by atoms with van der Waals surface area (Å²) in [6, 6.07) is 7.33. The van der Waals surface area contributed by atoms with E-state index in [1.807, 2.05) is 6.07 Å². The Labute approximate surface area is 269 Å². The number of amides is 2. The maximum atomic E-state index is 14.0. The summed E-state index contributed by atoms with van der Waals surface area (Å²) in [5.41, 5.74) is 1.45. The van der Waals surface area contributed by atoms with E-state index >= 15 is 0 Å². The smallest absolute Gasteiger partial charge is 0.419 e. The van der Waals surface area contributed by atoms with Crippen molar-refractivity contribution in [1.29, 1.82) is 0 Å². The minimum absolute atomic E-state index is 0.0206. The van der Waals surface area contributed by atoms with Gasteiger partial charge in [-0.25, -0.2) is 4.39 Å². The van der Waals surface area contributed by atoms with Crippen LogP contribution in [0.2, 0.25) is 0 Å². The molecule has 4 fully saturated rings. The highest BCUT2D eigenvalue weighted by Gasteiger charge is 2.52. The third-order valence-corrected chi connectivity index (χ3v) is 10.6. The molecule has 4 aliphatic carbocycles. The number of carbonyl (C=O) groups is 2. The normalized spacial score (nSPS) is 30.2. The number of nitrogens with zero attached hydrogens (tertiary/aromatic N) is 1. The fraction of sp³-hybridized carbons (Fsp3) is 0.514. The van der Waals surface area contributed by atoms with Gasteiger partial charge in [-0.1, -0.05) is 16.8 Å². The second-order valence-corrected chi connectivity index (χ2v) is 13.6. The standard InChI is InChI=1S/C35H37F4N3O5/c1-46-29-9-4-19(32-25-11-18(16-43)12-30(25)47-42-32)13-26(29)34(45)41-33-22-7-6-21(23(22)10-17-2-3-17)24(33)15-31(44)40-20-5-8-28(36)27(14-20)35(37,38)39/h4-5,8-10,13-14,17-18,21-22,24-25,30,33,43H,2-3,6-7,11-12,15-16H2,1H3,(H,40,44)(H,41,45)/b23-10-/t18?,21-,22+,24-,25?,30?,33-/m0/s1. The van der Waals surface area contributed by atoms with Crippen molar-refractivity contribution in [3.63, 3.8) is 0 Å². The fourth-order valence-corrected chi connectivity index (χ4v) is 8.26. The number of halogens is 4. The van der Waals surface area contributed by atoms with Gasteiger partial charge < -0.3 is 25.3 Å². The second-order valence-electron chi connectivity index (χ2n) is 13.6. The molecule has 7 atom stereocenters. The monoisotopic (exact) mass is 655 g/mol. The van der Waals surface area contributed by atoms with Crippen LogP contribution in [0.3, 0.4) is 0 Å². The number of benzene rings is 2. The lowest BCUT2D eigenvalue weighted by molar-refractivity contribution is -0.140. The molecule has 47 heavy (non-hydrogen) atoms. The average molecular weight is 656 g/mol. The summed E-state index contributed by atoms with van der Waals surface area (Å²) in [5, 5.41) is 19.7. The molecule has 4 saturated carbocycles. The van der Waals surface area contributed by atoms with Crippen LogP contribution in [0.1, 0.15) is 66.4 Å². The molecule has 0 saturated heterocycles. The van der Waals surface area contributed by atoms with Gasteiger partial charge in [-0.05, 0) is 98.6 Å². The average Bonchev–Trinajstić information content (AvgIpc) is 3.32. The van der Waals surface area contributed by atoms with E-state index in [0.717, 1.165) is 55.9 Å². The number of hydrogen-bond acceptors (Lipinski definition) is 6. The molecule has 7 rings (SSSR count). The molecule has 3 N–H and O–H groups in total. The van der Waals surface area contributed by atoms with Gasteiger partial charge in [-0.3, -0.25) is 9.59 Å². The van der Waals surface area contributed by atoms with E-state index in [2.05, 4.69) is 21.9 Å². The van der Waals surface area contributed by atoms with Crippen molar-refractivity contribution in [3.8, 4) is 5.75 Å². The van der Waals surface area contributed by atoms with E-state index in [9.17, 15) is 32.3 Å². The van der Waals surface area contributed by atoms with Crippen LogP contribution in [0.25, 0.3) is 0 Å². The molecule has 1 heterocycles.